The number of anilines is 3. The van der Waals surface area contributed by atoms with Crippen LogP contribution in [0.2, 0.25) is 0 Å². The van der Waals surface area contributed by atoms with Crippen LogP contribution in [-0.2, 0) is 17.1 Å². The van der Waals surface area contributed by atoms with Crippen LogP contribution < -0.4 is 10.0 Å². The normalized spacial score (nSPS) is 11.2. The van der Waals surface area contributed by atoms with E-state index in [-0.39, 0.29) is 16.5 Å². The third-order valence-corrected chi connectivity index (χ3v) is 5.34. The molecule has 0 unspecified atom stereocenters. The van der Waals surface area contributed by atoms with E-state index in [0.29, 0.717) is 22.3 Å². The van der Waals surface area contributed by atoms with Crippen LogP contribution in [0.1, 0.15) is 5.56 Å². The fourth-order valence-electron chi connectivity index (χ4n) is 2.69. The van der Waals surface area contributed by atoms with Crippen molar-refractivity contribution in [2.45, 2.75) is 4.90 Å². The first kappa shape index (κ1) is 18.4. The van der Waals surface area contributed by atoms with Crippen LogP contribution in [0.4, 0.5) is 17.3 Å². The van der Waals surface area contributed by atoms with Crippen molar-refractivity contribution in [2.24, 2.45) is 7.05 Å². The van der Waals surface area contributed by atoms with E-state index in [9.17, 15) is 8.42 Å². The molecule has 0 saturated carbocycles. The molecule has 0 atom stereocenters. The Morgan fingerprint density at radius 2 is 1.76 bits per heavy atom. The van der Waals surface area contributed by atoms with Crippen molar-refractivity contribution in [1.82, 2.24) is 19.7 Å². The van der Waals surface area contributed by atoms with Gasteiger partial charge in [-0.05, 0) is 30.3 Å². The van der Waals surface area contributed by atoms with Crippen LogP contribution in [0.5, 0.6) is 0 Å². The summed E-state index contributed by atoms with van der Waals surface area (Å²) in [6.45, 7) is 0. The molecule has 0 saturated heterocycles. The first-order chi connectivity index (χ1) is 13.9. The molecule has 0 spiro atoms. The number of rotatable bonds is 5. The van der Waals surface area contributed by atoms with Gasteiger partial charge in [0.15, 0.2) is 11.6 Å². The third-order valence-electron chi connectivity index (χ3n) is 4.05. The van der Waals surface area contributed by atoms with E-state index in [0.717, 1.165) is 0 Å². The molecule has 2 heterocycles. The molecule has 0 radical (unpaired) electrons. The molecule has 2 aromatic heterocycles. The predicted molar refractivity (Wildman–Crippen MR) is 108 cm³/mol. The molecule has 0 bridgehead atoms. The van der Waals surface area contributed by atoms with Gasteiger partial charge in [-0.2, -0.15) is 10.4 Å². The van der Waals surface area contributed by atoms with E-state index < -0.39 is 10.0 Å². The summed E-state index contributed by atoms with van der Waals surface area (Å²) in [6.07, 6.45) is 2.64. The fourth-order valence-corrected chi connectivity index (χ4v) is 3.68. The summed E-state index contributed by atoms with van der Waals surface area (Å²) in [5.74, 6) is 0.251. The molecule has 0 aliphatic rings. The van der Waals surface area contributed by atoms with Gasteiger partial charge in [-0.15, -0.1) is 0 Å². The monoisotopic (exact) mass is 405 g/mol. The van der Waals surface area contributed by atoms with Crippen molar-refractivity contribution in [1.29, 1.82) is 5.26 Å². The number of nitriles is 1. The Morgan fingerprint density at radius 3 is 2.41 bits per heavy atom. The summed E-state index contributed by atoms with van der Waals surface area (Å²) in [6, 6.07) is 16.0. The van der Waals surface area contributed by atoms with Gasteiger partial charge in [0.1, 0.15) is 4.90 Å². The molecular formula is C19H15N7O2S. The number of para-hydroxylation sites is 2. The fraction of sp³-hybridized carbons (Fsp3) is 0.0526. The van der Waals surface area contributed by atoms with Crippen molar-refractivity contribution in [3.63, 3.8) is 0 Å². The second-order valence-electron chi connectivity index (χ2n) is 6.18. The van der Waals surface area contributed by atoms with Gasteiger partial charge < -0.3 is 5.32 Å². The number of aryl methyl sites for hydroxylation is 1. The second-order valence-corrected chi connectivity index (χ2v) is 7.86. The van der Waals surface area contributed by atoms with E-state index in [1.54, 1.807) is 49.5 Å². The van der Waals surface area contributed by atoms with Crippen LogP contribution in [0.3, 0.4) is 0 Å². The Morgan fingerprint density at radius 1 is 1.03 bits per heavy atom. The third kappa shape index (κ3) is 3.85. The maximum atomic E-state index is 12.8. The smallest absolute Gasteiger partial charge is 0.266 e. The Kier molecular flexibility index (Phi) is 4.58. The molecule has 2 aromatic carbocycles. The number of sulfonamides is 1. The lowest BCUT2D eigenvalue weighted by molar-refractivity contribution is 0.601. The van der Waals surface area contributed by atoms with Gasteiger partial charge in [0, 0.05) is 18.9 Å². The van der Waals surface area contributed by atoms with E-state index in [1.807, 2.05) is 6.07 Å². The molecule has 144 valence electrons. The zero-order valence-electron chi connectivity index (χ0n) is 15.2. The lowest BCUT2D eigenvalue weighted by Gasteiger charge is -2.13. The van der Waals surface area contributed by atoms with E-state index in [1.165, 1.54) is 17.1 Å². The Hall–Kier alpha value is -3.97. The number of nitrogens with one attached hydrogen (secondary N) is 2. The number of benzene rings is 2. The number of hydrogen-bond donors (Lipinski definition) is 2. The predicted octanol–water partition coefficient (Wildman–Crippen LogP) is 2.78. The summed E-state index contributed by atoms with van der Waals surface area (Å²) in [4.78, 5) is 8.94. The summed E-state index contributed by atoms with van der Waals surface area (Å²) >= 11 is 0. The SMILES string of the molecule is Cn1cc(S(=O)(=O)Nc2nc3ccccc3nc2Nc2cccc(C#N)c2)cn1. The van der Waals surface area contributed by atoms with Crippen LogP contribution in [-0.4, -0.2) is 28.2 Å². The van der Waals surface area contributed by atoms with Crippen molar-refractivity contribution < 1.29 is 8.42 Å². The Balaban J connectivity index is 1.79. The van der Waals surface area contributed by atoms with Gasteiger partial charge in [0.25, 0.3) is 10.0 Å². The number of aromatic nitrogens is 4. The van der Waals surface area contributed by atoms with Gasteiger partial charge in [-0.25, -0.2) is 18.4 Å². The van der Waals surface area contributed by atoms with E-state index in [2.05, 4.69) is 31.2 Å². The van der Waals surface area contributed by atoms with Crippen molar-refractivity contribution in [3.05, 3.63) is 66.5 Å². The Bertz CT molecular complexity index is 1360. The molecule has 0 amide bonds. The highest BCUT2D eigenvalue weighted by molar-refractivity contribution is 7.92. The summed E-state index contributed by atoms with van der Waals surface area (Å²) < 4.78 is 29.4. The molecule has 4 rings (SSSR count). The Labute approximate surface area is 166 Å². The number of hydrogen-bond acceptors (Lipinski definition) is 7. The molecule has 0 fully saturated rings. The zero-order chi connectivity index (χ0) is 20.4. The highest BCUT2D eigenvalue weighted by Gasteiger charge is 2.20. The molecule has 0 aliphatic carbocycles. The summed E-state index contributed by atoms with van der Waals surface area (Å²) in [5.41, 5.74) is 2.17. The van der Waals surface area contributed by atoms with Crippen molar-refractivity contribution in [3.8, 4) is 6.07 Å². The quantitative estimate of drug-likeness (QED) is 0.523. The minimum absolute atomic E-state index is 0.00684. The van der Waals surface area contributed by atoms with Gasteiger partial charge >= 0.3 is 0 Å². The molecule has 0 aliphatic heterocycles. The first-order valence-electron chi connectivity index (χ1n) is 8.50. The van der Waals surface area contributed by atoms with E-state index >= 15 is 0 Å². The van der Waals surface area contributed by atoms with E-state index in [4.69, 9.17) is 5.26 Å². The molecular weight excluding hydrogens is 390 g/mol. The lowest BCUT2D eigenvalue weighted by atomic mass is 10.2. The van der Waals surface area contributed by atoms with Crippen LogP contribution in [0.25, 0.3) is 11.0 Å². The minimum Gasteiger partial charge on any atom is -0.337 e. The number of fused-ring (bicyclic) bond motifs is 1. The van der Waals surface area contributed by atoms with Gasteiger partial charge in [0.05, 0.1) is 28.9 Å². The maximum absolute atomic E-state index is 12.8. The molecule has 9 nitrogen and oxygen atoms in total. The zero-order valence-corrected chi connectivity index (χ0v) is 16.1. The van der Waals surface area contributed by atoms with Crippen molar-refractivity contribution in [2.75, 3.05) is 10.0 Å². The standard InChI is InChI=1S/C19H15N7O2S/c1-26-12-15(11-21-26)29(27,28)25-19-18(22-14-6-4-5-13(9-14)10-20)23-16-7-2-3-8-17(16)24-19/h2-9,11-12H,1H3,(H,22,23)(H,24,25). The van der Waals surface area contributed by atoms with Crippen LogP contribution in [0, 0.1) is 11.3 Å². The highest BCUT2D eigenvalue weighted by atomic mass is 32.2. The summed E-state index contributed by atoms with van der Waals surface area (Å²) in [7, 11) is -2.29. The topological polar surface area (TPSA) is 126 Å². The minimum atomic E-state index is -3.92. The average molecular weight is 405 g/mol. The average Bonchev–Trinajstić information content (AvgIpc) is 3.16. The van der Waals surface area contributed by atoms with Gasteiger partial charge in [-0.1, -0.05) is 18.2 Å². The van der Waals surface area contributed by atoms with Gasteiger partial charge in [0.2, 0.25) is 0 Å². The molecule has 2 N–H and O–H groups in total. The molecule has 29 heavy (non-hydrogen) atoms. The lowest BCUT2D eigenvalue weighted by Crippen LogP contribution is -2.15. The van der Waals surface area contributed by atoms with Crippen molar-refractivity contribution >= 4 is 38.4 Å². The molecule has 4 aromatic rings. The van der Waals surface area contributed by atoms with Gasteiger partial charge in [-0.3, -0.25) is 9.40 Å². The largest absolute Gasteiger partial charge is 0.337 e. The summed E-state index contributed by atoms with van der Waals surface area (Å²) in [5, 5.41) is 16.0. The van der Waals surface area contributed by atoms with Crippen LogP contribution in [0.15, 0.2) is 65.8 Å². The number of nitrogens with zero attached hydrogens (tertiary/aromatic N) is 5. The second kappa shape index (κ2) is 7.21. The highest BCUT2D eigenvalue weighted by Crippen LogP contribution is 2.27. The first-order valence-corrected chi connectivity index (χ1v) is 9.98. The maximum Gasteiger partial charge on any atom is 0.266 e. The molecule has 10 heteroatoms. The van der Waals surface area contributed by atoms with Crippen LogP contribution >= 0.6 is 0 Å².